The van der Waals surface area contributed by atoms with Gasteiger partial charge < -0.3 is 14.6 Å². The number of halogens is 1. The normalized spacial score (nSPS) is 19.3. The molecule has 2 aromatic rings. The molecule has 2 heterocycles. The summed E-state index contributed by atoms with van der Waals surface area (Å²) in [6.45, 7) is 4.84. The summed E-state index contributed by atoms with van der Waals surface area (Å²) in [7, 11) is 0. The molecular weight excluding hydrogens is 260 g/mol. The zero-order chi connectivity index (χ0) is 13.1. The lowest BCUT2D eigenvalue weighted by Crippen LogP contribution is -2.26. The minimum absolute atomic E-state index is 0.691. The molecule has 0 aliphatic carbocycles. The van der Waals surface area contributed by atoms with Crippen molar-refractivity contribution in [1.82, 2.24) is 9.88 Å². The van der Waals surface area contributed by atoms with Crippen LogP contribution < -0.4 is 5.32 Å². The SMILES string of the molecule is Clc1ccc2ccn(CCNCC3CCOC3)c2c1. The fraction of sp³-hybridized carbons (Fsp3) is 0.467. The minimum atomic E-state index is 0.691. The summed E-state index contributed by atoms with van der Waals surface area (Å²) in [5.74, 6) is 0.691. The van der Waals surface area contributed by atoms with E-state index in [1.807, 2.05) is 12.1 Å². The van der Waals surface area contributed by atoms with E-state index in [4.69, 9.17) is 16.3 Å². The van der Waals surface area contributed by atoms with Gasteiger partial charge in [-0.2, -0.15) is 0 Å². The molecule has 102 valence electrons. The van der Waals surface area contributed by atoms with Crippen molar-refractivity contribution in [2.45, 2.75) is 13.0 Å². The average molecular weight is 279 g/mol. The van der Waals surface area contributed by atoms with Crippen LogP contribution in [-0.4, -0.2) is 30.9 Å². The molecule has 0 spiro atoms. The lowest BCUT2D eigenvalue weighted by atomic mass is 10.1. The highest BCUT2D eigenvalue weighted by Gasteiger charge is 2.14. The largest absolute Gasteiger partial charge is 0.381 e. The first-order chi connectivity index (χ1) is 9.33. The van der Waals surface area contributed by atoms with Gasteiger partial charge in [0.1, 0.15) is 0 Å². The van der Waals surface area contributed by atoms with Gasteiger partial charge in [0.25, 0.3) is 0 Å². The van der Waals surface area contributed by atoms with E-state index in [0.717, 1.165) is 37.9 Å². The molecule has 1 aliphatic heterocycles. The number of nitrogens with one attached hydrogen (secondary N) is 1. The Morgan fingerprint density at radius 3 is 3.16 bits per heavy atom. The van der Waals surface area contributed by atoms with Crippen LogP contribution in [0, 0.1) is 5.92 Å². The summed E-state index contributed by atoms with van der Waals surface area (Å²) < 4.78 is 7.62. The Balaban J connectivity index is 1.54. The monoisotopic (exact) mass is 278 g/mol. The van der Waals surface area contributed by atoms with Crippen LogP contribution in [0.15, 0.2) is 30.5 Å². The maximum Gasteiger partial charge on any atom is 0.0507 e. The number of fused-ring (bicyclic) bond motifs is 1. The Morgan fingerprint density at radius 2 is 2.32 bits per heavy atom. The maximum atomic E-state index is 6.05. The zero-order valence-corrected chi connectivity index (χ0v) is 11.7. The third-order valence-corrected chi connectivity index (χ3v) is 3.96. The molecule has 1 aromatic heterocycles. The summed E-state index contributed by atoms with van der Waals surface area (Å²) in [6, 6.07) is 8.17. The van der Waals surface area contributed by atoms with Crippen molar-refractivity contribution in [1.29, 1.82) is 0 Å². The molecule has 19 heavy (non-hydrogen) atoms. The second-order valence-corrected chi connectivity index (χ2v) is 5.58. The minimum Gasteiger partial charge on any atom is -0.381 e. The van der Waals surface area contributed by atoms with Crippen LogP contribution in [0.25, 0.3) is 10.9 Å². The van der Waals surface area contributed by atoms with Gasteiger partial charge in [-0.25, -0.2) is 0 Å². The highest BCUT2D eigenvalue weighted by molar-refractivity contribution is 6.31. The molecule has 0 radical (unpaired) electrons. The molecule has 0 saturated carbocycles. The molecule has 0 amide bonds. The molecule has 1 saturated heterocycles. The number of ether oxygens (including phenoxy) is 1. The van der Waals surface area contributed by atoms with E-state index in [0.29, 0.717) is 5.92 Å². The summed E-state index contributed by atoms with van der Waals surface area (Å²) in [5.41, 5.74) is 1.21. The molecule has 1 fully saturated rings. The number of aromatic nitrogens is 1. The van der Waals surface area contributed by atoms with E-state index in [-0.39, 0.29) is 0 Å². The first-order valence-electron chi connectivity index (χ1n) is 6.86. The second kappa shape index (κ2) is 5.95. The van der Waals surface area contributed by atoms with Gasteiger partial charge in [-0.15, -0.1) is 0 Å². The predicted octanol–water partition coefficient (Wildman–Crippen LogP) is 2.92. The Bertz CT molecular complexity index is 546. The molecule has 4 heteroatoms. The molecule has 1 atom stereocenters. The van der Waals surface area contributed by atoms with Gasteiger partial charge in [-0.05, 0) is 35.9 Å². The van der Waals surface area contributed by atoms with Gasteiger partial charge in [0, 0.05) is 43.0 Å². The molecular formula is C15H19ClN2O. The molecule has 0 bridgehead atoms. The van der Waals surface area contributed by atoms with Crippen molar-refractivity contribution in [3.8, 4) is 0 Å². The molecule has 1 unspecified atom stereocenters. The number of nitrogens with zero attached hydrogens (tertiary/aromatic N) is 1. The van der Waals surface area contributed by atoms with Gasteiger partial charge in [-0.3, -0.25) is 0 Å². The second-order valence-electron chi connectivity index (χ2n) is 5.15. The first kappa shape index (κ1) is 13.0. The van der Waals surface area contributed by atoms with Crippen LogP contribution in [-0.2, 0) is 11.3 Å². The average Bonchev–Trinajstić information content (AvgIpc) is 3.04. The van der Waals surface area contributed by atoms with Crippen LogP contribution in [0.1, 0.15) is 6.42 Å². The van der Waals surface area contributed by atoms with Crippen molar-refractivity contribution in [3.63, 3.8) is 0 Å². The van der Waals surface area contributed by atoms with Crippen molar-refractivity contribution in [2.75, 3.05) is 26.3 Å². The number of benzene rings is 1. The van der Waals surface area contributed by atoms with E-state index >= 15 is 0 Å². The standard InChI is InChI=1S/C15H19ClN2O/c16-14-2-1-13-3-6-18(15(13)9-14)7-5-17-10-12-4-8-19-11-12/h1-3,6,9,12,17H,4-5,7-8,10-11H2. The van der Waals surface area contributed by atoms with Crippen LogP contribution in [0.2, 0.25) is 5.02 Å². The number of hydrogen-bond acceptors (Lipinski definition) is 2. The van der Waals surface area contributed by atoms with Crippen molar-refractivity contribution >= 4 is 22.5 Å². The fourth-order valence-electron chi connectivity index (χ4n) is 2.60. The Morgan fingerprint density at radius 1 is 1.37 bits per heavy atom. The number of hydrogen-bond donors (Lipinski definition) is 1. The lowest BCUT2D eigenvalue weighted by molar-refractivity contribution is 0.185. The molecule has 3 rings (SSSR count). The van der Waals surface area contributed by atoms with E-state index in [1.54, 1.807) is 0 Å². The summed E-state index contributed by atoms with van der Waals surface area (Å²) in [5, 5.41) is 5.55. The topological polar surface area (TPSA) is 26.2 Å². The number of rotatable bonds is 5. The third kappa shape index (κ3) is 3.11. The van der Waals surface area contributed by atoms with Gasteiger partial charge in [0.15, 0.2) is 0 Å². The summed E-state index contributed by atoms with van der Waals surface area (Å²) in [4.78, 5) is 0. The summed E-state index contributed by atoms with van der Waals surface area (Å²) >= 11 is 6.05. The van der Waals surface area contributed by atoms with E-state index in [1.165, 1.54) is 17.3 Å². The van der Waals surface area contributed by atoms with Crippen molar-refractivity contribution in [2.24, 2.45) is 5.92 Å². The Kier molecular flexibility index (Phi) is 4.06. The van der Waals surface area contributed by atoms with Crippen LogP contribution >= 0.6 is 11.6 Å². The van der Waals surface area contributed by atoms with E-state index in [9.17, 15) is 0 Å². The Hall–Kier alpha value is -1.03. The maximum absolute atomic E-state index is 6.05. The van der Waals surface area contributed by atoms with Crippen molar-refractivity contribution in [3.05, 3.63) is 35.5 Å². The quantitative estimate of drug-likeness (QED) is 0.851. The van der Waals surface area contributed by atoms with Crippen LogP contribution in [0.3, 0.4) is 0 Å². The smallest absolute Gasteiger partial charge is 0.0507 e. The van der Waals surface area contributed by atoms with E-state index in [2.05, 4.69) is 28.2 Å². The van der Waals surface area contributed by atoms with E-state index < -0.39 is 0 Å². The van der Waals surface area contributed by atoms with Crippen molar-refractivity contribution < 1.29 is 4.74 Å². The molecule has 1 N–H and O–H groups in total. The third-order valence-electron chi connectivity index (χ3n) is 3.72. The fourth-order valence-corrected chi connectivity index (χ4v) is 2.77. The van der Waals surface area contributed by atoms with Gasteiger partial charge in [0.2, 0.25) is 0 Å². The van der Waals surface area contributed by atoms with Gasteiger partial charge in [0.05, 0.1) is 6.61 Å². The predicted molar refractivity (Wildman–Crippen MR) is 78.7 cm³/mol. The summed E-state index contributed by atoms with van der Waals surface area (Å²) in [6.07, 6.45) is 3.32. The highest BCUT2D eigenvalue weighted by atomic mass is 35.5. The highest BCUT2D eigenvalue weighted by Crippen LogP contribution is 2.20. The van der Waals surface area contributed by atoms with Gasteiger partial charge in [-0.1, -0.05) is 17.7 Å². The zero-order valence-electron chi connectivity index (χ0n) is 10.9. The van der Waals surface area contributed by atoms with Crippen LogP contribution in [0.5, 0.6) is 0 Å². The van der Waals surface area contributed by atoms with Crippen LogP contribution in [0.4, 0.5) is 0 Å². The molecule has 1 aliphatic rings. The Labute approximate surface area is 118 Å². The van der Waals surface area contributed by atoms with Gasteiger partial charge >= 0.3 is 0 Å². The molecule has 1 aromatic carbocycles. The first-order valence-corrected chi connectivity index (χ1v) is 7.23. The lowest BCUT2D eigenvalue weighted by Gasteiger charge is -2.10. The molecule has 3 nitrogen and oxygen atoms in total.